The van der Waals surface area contributed by atoms with Gasteiger partial charge in [0.05, 0.1) is 18.6 Å². The standard InChI is InChI=1S/C15H21N3O3/c1-5-21-15(20)12(7-17(2)3)14(19)11-6-10(11)13-8-18(4)9-16-13/h7-11H,5-6H2,1-4H3/b12-7+. The van der Waals surface area contributed by atoms with Crippen molar-refractivity contribution in [2.45, 2.75) is 19.3 Å². The highest BCUT2D eigenvalue weighted by Gasteiger charge is 2.47. The summed E-state index contributed by atoms with van der Waals surface area (Å²) in [5.41, 5.74) is 1.02. The number of aromatic nitrogens is 2. The largest absolute Gasteiger partial charge is 0.462 e. The maximum absolute atomic E-state index is 12.5. The molecule has 0 saturated heterocycles. The van der Waals surface area contributed by atoms with E-state index in [1.807, 2.05) is 17.8 Å². The highest BCUT2D eigenvalue weighted by Crippen LogP contribution is 2.48. The van der Waals surface area contributed by atoms with E-state index in [1.165, 1.54) is 6.20 Å². The van der Waals surface area contributed by atoms with Crippen LogP contribution in [-0.2, 0) is 21.4 Å². The lowest BCUT2D eigenvalue weighted by molar-refractivity contribution is -0.140. The van der Waals surface area contributed by atoms with Gasteiger partial charge in [0.1, 0.15) is 5.57 Å². The lowest BCUT2D eigenvalue weighted by Gasteiger charge is -2.10. The van der Waals surface area contributed by atoms with Gasteiger partial charge in [0.25, 0.3) is 0 Å². The van der Waals surface area contributed by atoms with E-state index in [0.29, 0.717) is 0 Å². The fraction of sp³-hybridized carbons (Fsp3) is 0.533. The molecule has 21 heavy (non-hydrogen) atoms. The molecule has 2 rings (SSSR count). The van der Waals surface area contributed by atoms with Crippen molar-refractivity contribution in [3.63, 3.8) is 0 Å². The van der Waals surface area contributed by atoms with Crippen molar-refractivity contribution in [2.75, 3.05) is 20.7 Å². The molecule has 0 spiro atoms. The first kappa shape index (κ1) is 15.3. The molecule has 1 aliphatic rings. The monoisotopic (exact) mass is 291 g/mol. The van der Waals surface area contributed by atoms with Crippen LogP contribution in [0, 0.1) is 5.92 Å². The molecule has 6 nitrogen and oxygen atoms in total. The molecule has 2 atom stereocenters. The molecule has 0 bridgehead atoms. The number of imidazole rings is 1. The Morgan fingerprint density at radius 2 is 2.24 bits per heavy atom. The molecule has 1 aromatic rings. The number of hydrogen-bond donors (Lipinski definition) is 0. The van der Waals surface area contributed by atoms with Gasteiger partial charge in [0.2, 0.25) is 0 Å². The Labute approximate surface area is 124 Å². The van der Waals surface area contributed by atoms with E-state index >= 15 is 0 Å². The lowest BCUT2D eigenvalue weighted by atomic mass is 10.1. The van der Waals surface area contributed by atoms with Gasteiger partial charge in [-0.1, -0.05) is 0 Å². The minimum atomic E-state index is -0.553. The third kappa shape index (κ3) is 3.51. The van der Waals surface area contributed by atoms with Crippen molar-refractivity contribution in [1.82, 2.24) is 14.5 Å². The van der Waals surface area contributed by atoms with Gasteiger partial charge in [-0.3, -0.25) is 4.79 Å². The molecule has 0 aliphatic heterocycles. The third-order valence-electron chi connectivity index (χ3n) is 3.38. The van der Waals surface area contributed by atoms with Crippen LogP contribution in [0.25, 0.3) is 0 Å². The maximum atomic E-state index is 12.5. The zero-order valence-electron chi connectivity index (χ0n) is 12.9. The number of carbonyl (C=O) groups is 2. The summed E-state index contributed by atoms with van der Waals surface area (Å²) in [6.07, 6.45) is 5.91. The first-order valence-corrected chi connectivity index (χ1v) is 7.01. The smallest absolute Gasteiger partial charge is 0.343 e. The van der Waals surface area contributed by atoms with Gasteiger partial charge in [-0.15, -0.1) is 0 Å². The van der Waals surface area contributed by atoms with Gasteiger partial charge in [0, 0.05) is 45.4 Å². The van der Waals surface area contributed by atoms with E-state index < -0.39 is 5.97 Å². The van der Waals surface area contributed by atoms with Gasteiger partial charge in [-0.25, -0.2) is 9.78 Å². The molecule has 1 aliphatic carbocycles. The summed E-state index contributed by atoms with van der Waals surface area (Å²) < 4.78 is 6.83. The number of aryl methyl sites for hydroxylation is 1. The van der Waals surface area contributed by atoms with Gasteiger partial charge < -0.3 is 14.2 Å². The minimum Gasteiger partial charge on any atom is -0.462 e. The van der Waals surface area contributed by atoms with E-state index in [2.05, 4.69) is 4.98 Å². The molecule has 1 saturated carbocycles. The predicted octanol–water partition coefficient (Wildman–Crippen LogP) is 1.10. The van der Waals surface area contributed by atoms with Crippen molar-refractivity contribution < 1.29 is 14.3 Å². The third-order valence-corrected chi connectivity index (χ3v) is 3.38. The zero-order chi connectivity index (χ0) is 15.6. The first-order valence-electron chi connectivity index (χ1n) is 7.01. The van der Waals surface area contributed by atoms with Crippen LogP contribution in [0.2, 0.25) is 0 Å². The number of esters is 1. The van der Waals surface area contributed by atoms with E-state index in [9.17, 15) is 9.59 Å². The summed E-state index contributed by atoms with van der Waals surface area (Å²) in [6.45, 7) is 1.98. The Morgan fingerprint density at radius 1 is 1.52 bits per heavy atom. The van der Waals surface area contributed by atoms with Gasteiger partial charge >= 0.3 is 5.97 Å². The number of ketones is 1. The molecule has 1 heterocycles. The molecular weight excluding hydrogens is 270 g/mol. The van der Waals surface area contributed by atoms with Gasteiger partial charge in [0.15, 0.2) is 5.78 Å². The van der Waals surface area contributed by atoms with Crippen LogP contribution in [0.15, 0.2) is 24.3 Å². The molecule has 0 radical (unpaired) electrons. The second-order valence-corrected chi connectivity index (χ2v) is 5.50. The van der Waals surface area contributed by atoms with E-state index in [1.54, 1.807) is 32.2 Å². The SMILES string of the molecule is CCOC(=O)/C(=C/N(C)C)C(=O)C1CC1c1cn(C)cn1. The summed E-state index contributed by atoms with van der Waals surface area (Å²) in [4.78, 5) is 30.4. The summed E-state index contributed by atoms with van der Waals surface area (Å²) >= 11 is 0. The summed E-state index contributed by atoms with van der Waals surface area (Å²) in [5, 5.41) is 0. The Morgan fingerprint density at radius 3 is 2.76 bits per heavy atom. The summed E-state index contributed by atoms with van der Waals surface area (Å²) in [6, 6.07) is 0. The number of rotatable bonds is 6. The highest BCUT2D eigenvalue weighted by atomic mass is 16.5. The Balaban J connectivity index is 2.12. The molecule has 1 aromatic heterocycles. The van der Waals surface area contributed by atoms with Crippen molar-refractivity contribution in [1.29, 1.82) is 0 Å². The van der Waals surface area contributed by atoms with Crippen LogP contribution >= 0.6 is 0 Å². The average molecular weight is 291 g/mol. The van der Waals surface area contributed by atoms with Crippen molar-refractivity contribution in [3.05, 3.63) is 30.0 Å². The Hall–Kier alpha value is -2.11. The molecule has 0 aromatic carbocycles. The van der Waals surface area contributed by atoms with Gasteiger partial charge in [-0.2, -0.15) is 0 Å². The number of carbonyl (C=O) groups excluding carboxylic acids is 2. The second kappa shape index (κ2) is 6.11. The fourth-order valence-electron chi connectivity index (χ4n) is 2.32. The molecule has 6 heteroatoms. The maximum Gasteiger partial charge on any atom is 0.343 e. The number of nitrogens with zero attached hydrogens (tertiary/aromatic N) is 3. The van der Waals surface area contributed by atoms with Crippen LogP contribution in [0.5, 0.6) is 0 Å². The van der Waals surface area contributed by atoms with Gasteiger partial charge in [-0.05, 0) is 13.3 Å². The lowest BCUT2D eigenvalue weighted by Crippen LogP contribution is -2.20. The van der Waals surface area contributed by atoms with Crippen LogP contribution in [-0.4, -0.2) is 46.9 Å². The quantitative estimate of drug-likeness (QED) is 0.340. The van der Waals surface area contributed by atoms with Crippen molar-refractivity contribution in [3.8, 4) is 0 Å². The fourth-order valence-corrected chi connectivity index (χ4v) is 2.32. The number of ether oxygens (including phenoxy) is 1. The van der Waals surface area contributed by atoms with Crippen LogP contribution < -0.4 is 0 Å². The van der Waals surface area contributed by atoms with Crippen molar-refractivity contribution >= 4 is 11.8 Å². The topological polar surface area (TPSA) is 64.4 Å². The molecule has 2 unspecified atom stereocenters. The molecule has 1 fully saturated rings. The molecule has 0 amide bonds. The number of hydrogen-bond acceptors (Lipinski definition) is 5. The normalized spacial score (nSPS) is 21.0. The number of Topliss-reactive ketones (excluding diaryl/α,β-unsaturated/α-hetero) is 1. The van der Waals surface area contributed by atoms with Crippen LogP contribution in [0.1, 0.15) is 25.0 Å². The summed E-state index contributed by atoms with van der Waals surface area (Å²) in [7, 11) is 5.44. The van der Waals surface area contributed by atoms with E-state index in [-0.39, 0.29) is 29.8 Å². The predicted molar refractivity (Wildman–Crippen MR) is 77.5 cm³/mol. The molecule has 0 N–H and O–H groups in total. The molecule has 114 valence electrons. The highest BCUT2D eigenvalue weighted by molar-refractivity contribution is 6.19. The van der Waals surface area contributed by atoms with Crippen LogP contribution in [0.3, 0.4) is 0 Å². The average Bonchev–Trinajstić information content (AvgIpc) is 3.10. The first-order chi connectivity index (χ1) is 9.93. The Kier molecular flexibility index (Phi) is 4.45. The van der Waals surface area contributed by atoms with Crippen LogP contribution in [0.4, 0.5) is 0 Å². The Bertz CT molecular complexity index is 574. The molecular formula is C15H21N3O3. The van der Waals surface area contributed by atoms with E-state index in [0.717, 1.165) is 12.1 Å². The zero-order valence-corrected chi connectivity index (χ0v) is 12.9. The van der Waals surface area contributed by atoms with E-state index in [4.69, 9.17) is 4.74 Å². The summed E-state index contributed by atoms with van der Waals surface area (Å²) in [5.74, 6) is -0.769. The minimum absolute atomic E-state index is 0.110. The van der Waals surface area contributed by atoms with Crippen molar-refractivity contribution in [2.24, 2.45) is 13.0 Å². The second-order valence-electron chi connectivity index (χ2n) is 5.50.